The molecule has 3 aromatic rings. The molecule has 1 N–H and O–H groups in total. The molecular weight excluding hydrogens is 360 g/mol. The molecule has 8 nitrogen and oxygen atoms in total. The van der Waals surface area contributed by atoms with E-state index >= 15 is 0 Å². The molecule has 136 valence electrons. The molecule has 0 unspecified atom stereocenters. The van der Waals surface area contributed by atoms with E-state index in [9.17, 15) is 14.7 Å². The second-order valence-corrected chi connectivity index (χ2v) is 6.14. The Balaban J connectivity index is 1.91. The maximum absolute atomic E-state index is 12.2. The van der Waals surface area contributed by atoms with E-state index in [1.165, 1.54) is 42.1 Å². The predicted molar refractivity (Wildman–Crippen MR) is 94.2 cm³/mol. The number of hydrogen-bond acceptors (Lipinski definition) is 6. The van der Waals surface area contributed by atoms with E-state index in [0.29, 0.717) is 10.6 Å². The van der Waals surface area contributed by atoms with Crippen molar-refractivity contribution in [2.75, 3.05) is 0 Å². The average molecular weight is 379 g/mol. The number of rotatable bonds is 5. The van der Waals surface area contributed by atoms with Gasteiger partial charge in [-0.05, 0) is 24.6 Å². The minimum absolute atomic E-state index is 0.132. The molecule has 0 radical (unpaired) electrons. The number of halogens is 1. The van der Waals surface area contributed by atoms with Crippen LogP contribution in [0.5, 0.6) is 0 Å². The van der Waals surface area contributed by atoms with Gasteiger partial charge in [0.05, 0.1) is 6.10 Å². The summed E-state index contributed by atoms with van der Waals surface area (Å²) in [6, 6.07) is 6.03. The van der Waals surface area contributed by atoms with Crippen molar-refractivity contribution in [1.29, 1.82) is 0 Å². The average Bonchev–Trinajstić information content (AvgIpc) is 3.13. The molecule has 0 aliphatic heterocycles. The van der Waals surface area contributed by atoms with Crippen molar-refractivity contribution >= 4 is 11.6 Å². The van der Waals surface area contributed by atoms with Crippen molar-refractivity contribution < 1.29 is 12.4 Å². The second-order valence-electron chi connectivity index (χ2n) is 5.71. The number of aryl methyl sites for hydroxylation is 2. The summed E-state index contributed by atoms with van der Waals surface area (Å²) in [5, 5.41) is 14.4. The Morgan fingerprint density at radius 2 is 2.04 bits per heavy atom. The lowest BCUT2D eigenvalue weighted by atomic mass is 10.1. The highest BCUT2D eigenvalue weighted by Gasteiger charge is 2.16. The lowest BCUT2D eigenvalue weighted by molar-refractivity contribution is 0.174. The van der Waals surface area contributed by atoms with Crippen molar-refractivity contribution in [2.45, 2.75) is 25.9 Å². The molecule has 0 amide bonds. The molecule has 0 aliphatic rings. The van der Waals surface area contributed by atoms with Gasteiger partial charge in [0, 0.05) is 32.9 Å². The van der Waals surface area contributed by atoms with Gasteiger partial charge in [-0.2, -0.15) is 4.98 Å². The standard InChI is InChI=1S/C17H17ClN4O4/c1-10-8-21(2)17(25)22(16(10)24)9-15-19-14(20-26-15)7-13(23)11-3-5-12(18)6-4-11/h3-6,8,13,23H,7,9H2,1-2H3/t13-/m0/s1/i7D2. The van der Waals surface area contributed by atoms with Crippen molar-refractivity contribution in [3.8, 4) is 0 Å². The number of aromatic nitrogens is 4. The summed E-state index contributed by atoms with van der Waals surface area (Å²) < 4.78 is 23.5. The van der Waals surface area contributed by atoms with Crippen molar-refractivity contribution in [1.82, 2.24) is 19.3 Å². The fourth-order valence-electron chi connectivity index (χ4n) is 2.39. The van der Waals surface area contributed by atoms with Crippen LogP contribution in [0.2, 0.25) is 5.02 Å². The molecule has 1 aromatic carbocycles. The summed E-state index contributed by atoms with van der Waals surface area (Å²) >= 11 is 5.81. The zero-order valence-electron chi connectivity index (χ0n) is 16.0. The Morgan fingerprint density at radius 1 is 1.35 bits per heavy atom. The summed E-state index contributed by atoms with van der Waals surface area (Å²) in [7, 11) is 1.51. The maximum atomic E-state index is 12.2. The fraction of sp³-hybridized carbons (Fsp3) is 0.294. The predicted octanol–water partition coefficient (Wildman–Crippen LogP) is 1.22. The van der Waals surface area contributed by atoms with E-state index in [1.807, 2.05) is 0 Å². The van der Waals surface area contributed by atoms with Crippen LogP contribution in [-0.4, -0.2) is 24.4 Å². The van der Waals surface area contributed by atoms with Crippen LogP contribution in [0.1, 0.15) is 31.7 Å². The largest absolute Gasteiger partial charge is 0.388 e. The summed E-state index contributed by atoms with van der Waals surface area (Å²) in [5.41, 5.74) is -0.438. The van der Waals surface area contributed by atoms with E-state index in [1.54, 1.807) is 6.92 Å². The first kappa shape index (κ1) is 15.5. The topological polar surface area (TPSA) is 103 Å². The highest BCUT2D eigenvalue weighted by molar-refractivity contribution is 6.30. The Labute approximate surface area is 156 Å². The van der Waals surface area contributed by atoms with Crippen molar-refractivity contribution in [3.63, 3.8) is 0 Å². The highest BCUT2D eigenvalue weighted by atomic mass is 35.5. The van der Waals surface area contributed by atoms with Gasteiger partial charge in [-0.25, -0.2) is 4.79 Å². The first-order valence-electron chi connectivity index (χ1n) is 8.65. The number of aliphatic hydroxyl groups excluding tert-OH is 1. The Hall–Kier alpha value is -2.71. The van der Waals surface area contributed by atoms with E-state index in [2.05, 4.69) is 10.1 Å². The van der Waals surface area contributed by atoms with Gasteiger partial charge in [0.1, 0.15) is 6.54 Å². The van der Waals surface area contributed by atoms with E-state index < -0.39 is 29.6 Å². The molecule has 0 fully saturated rings. The SMILES string of the molecule is [2H]C([2H])(c1noc(Cn2c(=O)c(C)cn(C)c2=O)n1)[C@H](O)c1ccc(Cl)cc1. The van der Waals surface area contributed by atoms with Crippen LogP contribution >= 0.6 is 11.6 Å². The van der Waals surface area contributed by atoms with E-state index in [-0.39, 0.29) is 18.0 Å². The van der Waals surface area contributed by atoms with Crippen LogP contribution in [0.3, 0.4) is 0 Å². The molecule has 0 saturated heterocycles. The minimum Gasteiger partial charge on any atom is -0.388 e. The Morgan fingerprint density at radius 3 is 2.73 bits per heavy atom. The second kappa shape index (κ2) is 7.27. The molecule has 0 saturated carbocycles. The summed E-state index contributed by atoms with van der Waals surface area (Å²) in [6.07, 6.45) is -2.54. The Kier molecular flexibility index (Phi) is 4.34. The molecule has 0 spiro atoms. The fourth-order valence-corrected chi connectivity index (χ4v) is 2.52. The number of nitrogens with zero attached hydrogens (tertiary/aromatic N) is 4. The van der Waals surface area contributed by atoms with Crippen LogP contribution in [0.25, 0.3) is 0 Å². The zero-order valence-corrected chi connectivity index (χ0v) is 14.8. The van der Waals surface area contributed by atoms with Gasteiger partial charge in [0.2, 0.25) is 5.89 Å². The normalized spacial score (nSPS) is 14.0. The van der Waals surface area contributed by atoms with E-state index in [0.717, 1.165) is 4.57 Å². The van der Waals surface area contributed by atoms with Gasteiger partial charge >= 0.3 is 5.69 Å². The number of hydrogen-bond donors (Lipinski definition) is 1. The van der Waals surface area contributed by atoms with Crippen LogP contribution in [0.4, 0.5) is 0 Å². The van der Waals surface area contributed by atoms with E-state index in [4.69, 9.17) is 18.9 Å². The molecule has 1 atom stereocenters. The third-order valence-electron chi connectivity index (χ3n) is 3.72. The molecule has 9 heteroatoms. The summed E-state index contributed by atoms with van der Waals surface area (Å²) in [6.45, 7) is 1.26. The zero-order chi connectivity index (χ0) is 20.6. The molecule has 0 aliphatic carbocycles. The lowest BCUT2D eigenvalue weighted by Gasteiger charge is -2.08. The molecule has 26 heavy (non-hydrogen) atoms. The van der Waals surface area contributed by atoms with Crippen LogP contribution in [0.15, 0.2) is 44.6 Å². The molecule has 2 heterocycles. The first-order valence-corrected chi connectivity index (χ1v) is 8.02. The van der Waals surface area contributed by atoms with Gasteiger partial charge in [0.15, 0.2) is 5.82 Å². The highest BCUT2D eigenvalue weighted by Crippen LogP contribution is 2.19. The van der Waals surface area contributed by atoms with Gasteiger partial charge in [0.25, 0.3) is 5.56 Å². The molecular formula is C17H17ClN4O4. The third-order valence-corrected chi connectivity index (χ3v) is 3.97. The number of aliphatic hydroxyl groups is 1. The van der Waals surface area contributed by atoms with Gasteiger partial charge in [-0.3, -0.25) is 9.36 Å². The molecule has 3 rings (SSSR count). The van der Waals surface area contributed by atoms with Gasteiger partial charge in [-0.1, -0.05) is 28.9 Å². The van der Waals surface area contributed by atoms with Crippen molar-refractivity contribution in [3.05, 3.63) is 79.2 Å². The Bertz CT molecular complexity index is 1090. The van der Waals surface area contributed by atoms with Crippen LogP contribution < -0.4 is 11.2 Å². The van der Waals surface area contributed by atoms with Crippen LogP contribution in [0, 0.1) is 6.92 Å². The number of benzene rings is 1. The molecule has 2 aromatic heterocycles. The molecule has 0 bridgehead atoms. The summed E-state index contributed by atoms with van der Waals surface area (Å²) in [5.74, 6) is -0.533. The minimum atomic E-state index is -2.38. The lowest BCUT2D eigenvalue weighted by Crippen LogP contribution is -2.40. The van der Waals surface area contributed by atoms with Crippen molar-refractivity contribution in [2.24, 2.45) is 7.05 Å². The smallest absolute Gasteiger partial charge is 0.331 e. The monoisotopic (exact) mass is 378 g/mol. The maximum Gasteiger partial charge on any atom is 0.331 e. The first-order chi connectivity index (χ1) is 13.1. The van der Waals surface area contributed by atoms with Gasteiger partial charge < -0.3 is 14.2 Å². The third kappa shape index (κ3) is 3.76. The van der Waals surface area contributed by atoms with Gasteiger partial charge in [-0.15, -0.1) is 0 Å². The summed E-state index contributed by atoms with van der Waals surface area (Å²) in [4.78, 5) is 28.3. The van der Waals surface area contributed by atoms with Crippen LogP contribution in [-0.2, 0) is 20.0 Å². The quantitative estimate of drug-likeness (QED) is 0.716.